The molecular weight excluding hydrogens is 657 g/mol. The minimum absolute atomic E-state index is 0.708. The van der Waals surface area contributed by atoms with Gasteiger partial charge in [-0.2, -0.15) is 0 Å². The Hall–Kier alpha value is -7.30. The van der Waals surface area contributed by atoms with Gasteiger partial charge in [0.15, 0.2) is 5.82 Å². The molecule has 3 aromatic heterocycles. The molecule has 0 N–H and O–H groups in total. The predicted molar refractivity (Wildman–Crippen MR) is 225 cm³/mol. The lowest BCUT2D eigenvalue weighted by Gasteiger charge is -2.12. The summed E-state index contributed by atoms with van der Waals surface area (Å²) in [5.41, 5.74) is 13.3. The normalized spacial score (nSPS) is 11.7. The standard InChI is InChI=1S/C50H32N4/c1-3-13-33(14-4-1)34-23-25-35(26-24-34)49-41-19-7-10-20-44(41)51-50(52-49)36-27-29-38(30-28-36)54-46-22-12-9-18-40(46)43-31-47-42(32-48(43)54)39-17-8-11-21-45(39)53(47)37-15-5-2-6-16-37/h1-32H. The highest BCUT2D eigenvalue weighted by atomic mass is 15.0. The number of aromatic nitrogens is 4. The lowest BCUT2D eigenvalue weighted by molar-refractivity contribution is 1.17. The summed E-state index contributed by atoms with van der Waals surface area (Å²) in [6.07, 6.45) is 0. The van der Waals surface area contributed by atoms with Crippen LogP contribution in [-0.4, -0.2) is 19.1 Å². The van der Waals surface area contributed by atoms with Crippen molar-refractivity contribution in [2.24, 2.45) is 0 Å². The van der Waals surface area contributed by atoms with Crippen LogP contribution in [0.3, 0.4) is 0 Å². The number of benzene rings is 8. The molecule has 4 heteroatoms. The minimum Gasteiger partial charge on any atom is -0.309 e. The molecule has 8 aromatic carbocycles. The van der Waals surface area contributed by atoms with Crippen LogP contribution in [0, 0.1) is 0 Å². The van der Waals surface area contributed by atoms with Crippen LogP contribution in [0.2, 0.25) is 0 Å². The molecule has 3 heterocycles. The minimum atomic E-state index is 0.708. The maximum Gasteiger partial charge on any atom is 0.160 e. The number of nitrogens with zero attached hydrogens (tertiary/aromatic N) is 4. The molecule has 4 nitrogen and oxygen atoms in total. The van der Waals surface area contributed by atoms with Gasteiger partial charge >= 0.3 is 0 Å². The SMILES string of the molecule is c1ccc(-c2ccc(-c3nc(-c4ccc(-n5c6ccccc6c6cc7c(cc65)c5ccccc5n7-c5ccccc5)cc4)nc4ccccc34)cc2)cc1. The molecule has 0 bridgehead atoms. The smallest absolute Gasteiger partial charge is 0.160 e. The van der Waals surface area contributed by atoms with Crippen LogP contribution in [0.5, 0.6) is 0 Å². The van der Waals surface area contributed by atoms with Gasteiger partial charge in [-0.3, -0.25) is 0 Å². The first kappa shape index (κ1) is 30.3. The van der Waals surface area contributed by atoms with Crippen LogP contribution in [-0.2, 0) is 0 Å². The highest BCUT2D eigenvalue weighted by Crippen LogP contribution is 2.40. The van der Waals surface area contributed by atoms with Crippen LogP contribution in [0.1, 0.15) is 0 Å². The van der Waals surface area contributed by atoms with Crippen LogP contribution < -0.4 is 0 Å². The van der Waals surface area contributed by atoms with Gasteiger partial charge in [0.1, 0.15) is 0 Å². The molecule has 0 fully saturated rings. The second-order valence-electron chi connectivity index (χ2n) is 13.8. The van der Waals surface area contributed by atoms with E-state index in [0.29, 0.717) is 5.82 Å². The number of hydrogen-bond acceptors (Lipinski definition) is 2. The Bertz CT molecular complexity index is 3170. The number of fused-ring (bicyclic) bond motifs is 7. The second kappa shape index (κ2) is 12.1. The highest BCUT2D eigenvalue weighted by molar-refractivity contribution is 6.19. The Kier molecular flexibility index (Phi) is 6.82. The molecule has 11 rings (SSSR count). The Balaban J connectivity index is 1.05. The molecule has 54 heavy (non-hydrogen) atoms. The monoisotopic (exact) mass is 688 g/mol. The third kappa shape index (κ3) is 4.78. The van der Waals surface area contributed by atoms with Crippen molar-refractivity contribution in [3.05, 3.63) is 194 Å². The van der Waals surface area contributed by atoms with Crippen LogP contribution in [0.4, 0.5) is 0 Å². The van der Waals surface area contributed by atoms with Crippen molar-refractivity contribution >= 4 is 54.5 Å². The Morgan fingerprint density at radius 1 is 0.296 bits per heavy atom. The van der Waals surface area contributed by atoms with E-state index in [1.165, 1.54) is 54.7 Å². The molecule has 0 atom stereocenters. The molecule has 0 saturated heterocycles. The van der Waals surface area contributed by atoms with Gasteiger partial charge in [0.25, 0.3) is 0 Å². The first-order chi connectivity index (χ1) is 26.8. The van der Waals surface area contributed by atoms with Gasteiger partial charge in [-0.1, -0.05) is 127 Å². The Morgan fingerprint density at radius 2 is 0.759 bits per heavy atom. The van der Waals surface area contributed by atoms with Gasteiger partial charge in [0.05, 0.1) is 33.3 Å². The summed E-state index contributed by atoms with van der Waals surface area (Å²) >= 11 is 0. The van der Waals surface area contributed by atoms with Crippen molar-refractivity contribution in [1.29, 1.82) is 0 Å². The van der Waals surface area contributed by atoms with Crippen LogP contribution in [0.15, 0.2) is 194 Å². The lowest BCUT2D eigenvalue weighted by Crippen LogP contribution is -1.97. The third-order valence-electron chi connectivity index (χ3n) is 10.7. The average Bonchev–Trinajstić information content (AvgIpc) is 3.75. The van der Waals surface area contributed by atoms with Gasteiger partial charge in [-0.25, -0.2) is 9.97 Å². The highest BCUT2D eigenvalue weighted by Gasteiger charge is 2.19. The third-order valence-corrected chi connectivity index (χ3v) is 10.7. The molecule has 0 unspecified atom stereocenters. The largest absolute Gasteiger partial charge is 0.309 e. The number of para-hydroxylation sites is 4. The molecule has 0 aliphatic rings. The molecular formula is C50H32N4. The summed E-state index contributed by atoms with van der Waals surface area (Å²) in [5, 5.41) is 5.96. The van der Waals surface area contributed by atoms with E-state index in [4.69, 9.17) is 9.97 Å². The summed E-state index contributed by atoms with van der Waals surface area (Å²) < 4.78 is 4.78. The van der Waals surface area contributed by atoms with Gasteiger partial charge in [0, 0.05) is 49.4 Å². The van der Waals surface area contributed by atoms with Crippen molar-refractivity contribution in [3.8, 4) is 45.1 Å². The van der Waals surface area contributed by atoms with E-state index in [0.717, 1.165) is 39.1 Å². The molecule has 0 aliphatic heterocycles. The van der Waals surface area contributed by atoms with Crippen molar-refractivity contribution in [1.82, 2.24) is 19.1 Å². The van der Waals surface area contributed by atoms with Gasteiger partial charge < -0.3 is 9.13 Å². The van der Waals surface area contributed by atoms with Gasteiger partial charge in [-0.15, -0.1) is 0 Å². The molecule has 0 spiro atoms. The summed E-state index contributed by atoms with van der Waals surface area (Å²) in [7, 11) is 0. The quantitative estimate of drug-likeness (QED) is 0.180. The van der Waals surface area contributed by atoms with Crippen molar-refractivity contribution in [3.63, 3.8) is 0 Å². The fraction of sp³-hybridized carbons (Fsp3) is 0. The van der Waals surface area contributed by atoms with E-state index in [1.807, 2.05) is 12.1 Å². The first-order valence-corrected chi connectivity index (χ1v) is 18.3. The first-order valence-electron chi connectivity index (χ1n) is 18.3. The summed E-state index contributed by atoms with van der Waals surface area (Å²) in [6, 6.07) is 69.0. The topological polar surface area (TPSA) is 35.6 Å². The fourth-order valence-corrected chi connectivity index (χ4v) is 8.20. The number of hydrogen-bond donors (Lipinski definition) is 0. The molecule has 0 radical (unpaired) electrons. The number of rotatable bonds is 5. The Morgan fingerprint density at radius 3 is 1.39 bits per heavy atom. The summed E-state index contributed by atoms with van der Waals surface area (Å²) in [6.45, 7) is 0. The van der Waals surface area contributed by atoms with Crippen LogP contribution >= 0.6 is 0 Å². The zero-order valence-electron chi connectivity index (χ0n) is 29.3. The zero-order chi connectivity index (χ0) is 35.6. The van der Waals surface area contributed by atoms with Crippen molar-refractivity contribution in [2.75, 3.05) is 0 Å². The van der Waals surface area contributed by atoms with E-state index in [1.54, 1.807) is 0 Å². The lowest BCUT2D eigenvalue weighted by atomic mass is 10.0. The maximum absolute atomic E-state index is 5.21. The predicted octanol–water partition coefficient (Wildman–Crippen LogP) is 12.8. The zero-order valence-corrected chi connectivity index (χ0v) is 29.3. The van der Waals surface area contributed by atoms with E-state index < -0.39 is 0 Å². The van der Waals surface area contributed by atoms with Gasteiger partial charge in [-0.05, 0) is 77.9 Å². The fourth-order valence-electron chi connectivity index (χ4n) is 8.20. The van der Waals surface area contributed by atoms with Gasteiger partial charge in [0.2, 0.25) is 0 Å². The average molecular weight is 689 g/mol. The van der Waals surface area contributed by atoms with E-state index in [2.05, 4.69) is 191 Å². The van der Waals surface area contributed by atoms with E-state index >= 15 is 0 Å². The van der Waals surface area contributed by atoms with E-state index in [-0.39, 0.29) is 0 Å². The van der Waals surface area contributed by atoms with Crippen LogP contribution in [0.25, 0.3) is 99.7 Å². The van der Waals surface area contributed by atoms with Crippen molar-refractivity contribution in [2.45, 2.75) is 0 Å². The molecule has 0 saturated carbocycles. The molecule has 252 valence electrons. The van der Waals surface area contributed by atoms with E-state index in [9.17, 15) is 0 Å². The molecule has 0 amide bonds. The molecule has 11 aromatic rings. The summed E-state index contributed by atoms with van der Waals surface area (Å²) in [4.78, 5) is 10.3. The second-order valence-corrected chi connectivity index (χ2v) is 13.8. The maximum atomic E-state index is 5.21. The van der Waals surface area contributed by atoms with Crippen molar-refractivity contribution < 1.29 is 0 Å². The summed E-state index contributed by atoms with van der Waals surface area (Å²) in [5.74, 6) is 0.708. The molecule has 0 aliphatic carbocycles. The Labute approximate surface area is 311 Å².